The van der Waals surface area contributed by atoms with Crippen LogP contribution in [0.15, 0.2) is 72.8 Å². The number of aliphatic hydroxyl groups excluding tert-OH is 1. The lowest BCUT2D eigenvalue weighted by Gasteiger charge is -2.33. The van der Waals surface area contributed by atoms with E-state index in [1.807, 2.05) is 92.8 Å². The predicted molar refractivity (Wildman–Crippen MR) is 207 cm³/mol. The van der Waals surface area contributed by atoms with Crippen molar-refractivity contribution in [2.75, 3.05) is 67.1 Å². The number of hydrogen-bond acceptors (Lipinski definition) is 9. The molecule has 13 nitrogen and oxygen atoms in total. The van der Waals surface area contributed by atoms with Gasteiger partial charge in [0.15, 0.2) is 13.9 Å². The quantitative estimate of drug-likeness (QED) is 0.216. The Balaban J connectivity index is 1.24. The molecule has 0 aliphatic carbocycles. The lowest BCUT2D eigenvalue weighted by atomic mass is 9.82. The molecule has 1 spiro atoms. The number of fused-ring (bicyclic) bond motifs is 2. The molecule has 0 saturated carbocycles. The molecule has 0 bridgehead atoms. The Bertz CT molecular complexity index is 1890. The maximum atomic E-state index is 15.1. The third kappa shape index (κ3) is 7.09. The fourth-order valence-corrected chi connectivity index (χ4v) is 11.4. The molecule has 4 atom stereocenters. The molecule has 0 radical (unpaired) electrons. The Kier molecular flexibility index (Phi) is 10.8. The molecule has 3 aromatic carbocycles. The van der Waals surface area contributed by atoms with Crippen LogP contribution in [0, 0.1) is 5.92 Å². The number of benzene rings is 3. The molecular formula is C40H50N6O7Si. The second-order valence-electron chi connectivity index (χ2n) is 15.3. The number of rotatable bonds is 11. The first-order valence-corrected chi connectivity index (χ1v) is 21.8. The highest BCUT2D eigenvalue weighted by atomic mass is 28.4. The van der Waals surface area contributed by atoms with Crippen LogP contribution in [0.3, 0.4) is 0 Å². The molecule has 3 fully saturated rings. The summed E-state index contributed by atoms with van der Waals surface area (Å²) in [7, 11) is -3.10. The first-order valence-electron chi connectivity index (χ1n) is 18.8. The zero-order chi connectivity index (χ0) is 38.2. The lowest BCUT2D eigenvalue weighted by molar-refractivity contribution is -0.150. The molecule has 14 heteroatoms. The molecule has 4 N–H and O–H groups in total. The minimum Gasteiger partial charge on any atom is -0.432 e. The SMILES string of the molecule is C[C@@H]1[C@@H]([Si](C)(C)O)[C@H](CC(=O)N(CCO)Cc2ccccc2)O[C@@]12C(=O)N(Cc1ccc(N3CCNCC3=O)cc1)c1ccc(N3CCNCC3=O)cc12. The molecule has 0 aromatic heterocycles. The van der Waals surface area contributed by atoms with Gasteiger partial charge < -0.3 is 44.9 Å². The van der Waals surface area contributed by atoms with E-state index >= 15 is 4.79 Å². The number of nitrogens with zero attached hydrogens (tertiary/aromatic N) is 4. The largest absolute Gasteiger partial charge is 0.432 e. The first kappa shape index (κ1) is 37.9. The van der Waals surface area contributed by atoms with E-state index in [1.165, 1.54) is 0 Å². The minimum absolute atomic E-state index is 0.00299. The molecule has 7 rings (SSSR count). The van der Waals surface area contributed by atoms with Crippen LogP contribution in [0.2, 0.25) is 18.6 Å². The fraction of sp³-hybridized carbons (Fsp3) is 0.450. The van der Waals surface area contributed by atoms with Crippen molar-refractivity contribution in [3.8, 4) is 0 Å². The van der Waals surface area contributed by atoms with Crippen LogP contribution in [0.4, 0.5) is 17.1 Å². The smallest absolute Gasteiger partial charge is 0.264 e. The third-order valence-electron chi connectivity index (χ3n) is 11.4. The number of aliphatic hydroxyl groups is 1. The monoisotopic (exact) mass is 754 g/mol. The number of carbonyl (C=O) groups is 4. The van der Waals surface area contributed by atoms with Crippen LogP contribution in [0.25, 0.3) is 0 Å². The number of hydrogen-bond donors (Lipinski definition) is 4. The normalized spacial score (nSPS) is 24.4. The van der Waals surface area contributed by atoms with E-state index in [4.69, 9.17) is 4.74 Å². The second-order valence-corrected chi connectivity index (χ2v) is 19.3. The summed E-state index contributed by atoms with van der Waals surface area (Å²) in [6, 6.07) is 22.8. The van der Waals surface area contributed by atoms with Crippen molar-refractivity contribution in [3.63, 3.8) is 0 Å². The Morgan fingerprint density at radius 3 is 2.15 bits per heavy atom. The van der Waals surface area contributed by atoms with Gasteiger partial charge in [-0.1, -0.05) is 49.4 Å². The van der Waals surface area contributed by atoms with Crippen molar-refractivity contribution in [2.24, 2.45) is 5.92 Å². The van der Waals surface area contributed by atoms with Crippen LogP contribution in [0.1, 0.15) is 30.0 Å². The zero-order valence-corrected chi connectivity index (χ0v) is 32.2. The van der Waals surface area contributed by atoms with Crippen molar-refractivity contribution >= 4 is 49.0 Å². The highest BCUT2D eigenvalue weighted by Crippen LogP contribution is 2.60. The van der Waals surface area contributed by atoms with E-state index in [1.54, 1.807) is 19.6 Å². The maximum absolute atomic E-state index is 15.1. The second kappa shape index (κ2) is 15.4. The molecular weight excluding hydrogens is 705 g/mol. The standard InChI is InChI=1S/C40H50N6O7Si/c1-27-38(54(2,3)52)34(22-35(48)43(19-20-47)25-28-7-5-4-6-8-28)53-40(27)32-21-31(45-18-16-42-24-37(45)50)13-14-33(32)46(39(40)51)26-29-9-11-30(12-10-29)44-17-15-41-23-36(44)49/h4-14,21,27,34,38,41-42,47,52H,15-20,22-26H2,1-3H3/t27-,34+,38-,40+/m1/s1. The van der Waals surface area contributed by atoms with Crippen LogP contribution in [0.5, 0.6) is 0 Å². The van der Waals surface area contributed by atoms with E-state index in [-0.39, 0.29) is 62.8 Å². The fourth-order valence-electron chi connectivity index (χ4n) is 8.83. The molecule has 4 heterocycles. The Morgan fingerprint density at radius 2 is 1.54 bits per heavy atom. The maximum Gasteiger partial charge on any atom is 0.264 e. The number of piperazine rings is 2. The highest BCUT2D eigenvalue weighted by molar-refractivity contribution is 6.71. The number of amides is 4. The van der Waals surface area contributed by atoms with Crippen LogP contribution < -0.4 is 25.3 Å². The molecule has 4 amide bonds. The number of carbonyl (C=O) groups excluding carboxylic acids is 4. The van der Waals surface area contributed by atoms with Crippen molar-refractivity contribution in [3.05, 3.63) is 89.5 Å². The van der Waals surface area contributed by atoms with Crippen LogP contribution >= 0.6 is 0 Å². The van der Waals surface area contributed by atoms with Crippen molar-refractivity contribution in [1.29, 1.82) is 0 Å². The van der Waals surface area contributed by atoms with Gasteiger partial charge in [0.05, 0.1) is 44.5 Å². The summed E-state index contributed by atoms with van der Waals surface area (Å²) >= 11 is 0. The summed E-state index contributed by atoms with van der Waals surface area (Å²) in [4.78, 5) is 73.4. The lowest BCUT2D eigenvalue weighted by Crippen LogP contribution is -2.48. The van der Waals surface area contributed by atoms with Gasteiger partial charge in [-0.15, -0.1) is 0 Å². The average molecular weight is 755 g/mol. The summed E-state index contributed by atoms with van der Waals surface area (Å²) in [6.45, 7) is 8.90. The molecule has 3 aromatic rings. The van der Waals surface area contributed by atoms with E-state index in [2.05, 4.69) is 10.6 Å². The number of ether oxygens (including phenoxy) is 1. The van der Waals surface area contributed by atoms with Crippen molar-refractivity contribution < 1.29 is 33.8 Å². The average Bonchev–Trinajstić information content (AvgIpc) is 3.58. The summed E-state index contributed by atoms with van der Waals surface area (Å²) in [5, 5.41) is 16.1. The topological polar surface area (TPSA) is 155 Å². The summed E-state index contributed by atoms with van der Waals surface area (Å²) in [5.41, 5.74) is 2.46. The van der Waals surface area contributed by atoms with Crippen LogP contribution in [-0.2, 0) is 42.6 Å². The highest BCUT2D eigenvalue weighted by Gasteiger charge is 2.66. The Morgan fingerprint density at radius 1 is 0.907 bits per heavy atom. The molecule has 0 unspecified atom stereocenters. The Labute approximate surface area is 317 Å². The summed E-state index contributed by atoms with van der Waals surface area (Å²) < 4.78 is 7.00. The van der Waals surface area contributed by atoms with E-state index in [0.29, 0.717) is 49.7 Å². The van der Waals surface area contributed by atoms with Gasteiger partial charge in [-0.3, -0.25) is 19.2 Å². The van der Waals surface area contributed by atoms with Gasteiger partial charge in [0.25, 0.3) is 5.91 Å². The summed E-state index contributed by atoms with van der Waals surface area (Å²) in [5.74, 6) is -1.12. The van der Waals surface area contributed by atoms with Gasteiger partial charge in [0, 0.05) is 67.7 Å². The van der Waals surface area contributed by atoms with Gasteiger partial charge in [-0.2, -0.15) is 0 Å². The summed E-state index contributed by atoms with van der Waals surface area (Å²) in [6.07, 6.45) is -0.862. The zero-order valence-electron chi connectivity index (χ0n) is 31.2. The van der Waals surface area contributed by atoms with Gasteiger partial charge in [0.2, 0.25) is 17.7 Å². The van der Waals surface area contributed by atoms with E-state index < -0.39 is 31.5 Å². The van der Waals surface area contributed by atoms with Gasteiger partial charge in [-0.05, 0) is 54.6 Å². The minimum atomic E-state index is -3.10. The number of nitrogens with one attached hydrogen (secondary N) is 2. The van der Waals surface area contributed by atoms with Gasteiger partial charge >= 0.3 is 0 Å². The predicted octanol–water partition coefficient (Wildman–Crippen LogP) is 2.31. The first-order chi connectivity index (χ1) is 25.9. The van der Waals surface area contributed by atoms with E-state index in [9.17, 15) is 24.3 Å². The molecule has 3 saturated heterocycles. The van der Waals surface area contributed by atoms with E-state index in [0.717, 1.165) is 16.8 Å². The van der Waals surface area contributed by atoms with Crippen molar-refractivity contribution in [2.45, 2.75) is 56.8 Å². The molecule has 54 heavy (non-hydrogen) atoms. The molecule has 4 aliphatic heterocycles. The van der Waals surface area contributed by atoms with Gasteiger partial charge in [0.1, 0.15) is 0 Å². The third-order valence-corrected chi connectivity index (χ3v) is 13.9. The molecule has 286 valence electrons. The van der Waals surface area contributed by atoms with Crippen LogP contribution in [-0.4, -0.2) is 105 Å². The van der Waals surface area contributed by atoms with Crippen molar-refractivity contribution in [1.82, 2.24) is 15.5 Å². The number of anilines is 3. The Hall–Kier alpha value is -4.44. The van der Waals surface area contributed by atoms with Gasteiger partial charge in [-0.25, -0.2) is 0 Å². The molecule has 4 aliphatic rings.